The van der Waals surface area contributed by atoms with Crippen molar-refractivity contribution < 1.29 is 0 Å². The summed E-state index contributed by atoms with van der Waals surface area (Å²) in [5.41, 5.74) is 22.5. The Hall–Kier alpha value is -8.98. The quantitative estimate of drug-likeness (QED) is 0.133. The highest BCUT2D eigenvalue weighted by Crippen LogP contribution is 2.41. The number of fused-ring (bicyclic) bond motifs is 3. The van der Waals surface area contributed by atoms with E-state index >= 15 is 0 Å². The van der Waals surface area contributed by atoms with Gasteiger partial charge in [0.25, 0.3) is 0 Å². The average molecular weight is 881 g/mol. The van der Waals surface area contributed by atoms with Crippen LogP contribution in [0.15, 0.2) is 273 Å². The van der Waals surface area contributed by atoms with Gasteiger partial charge in [-0.2, -0.15) is 0 Å². The largest absolute Gasteiger partial charge is 0.313 e. The molecular formula is C67H48N2. The summed E-state index contributed by atoms with van der Waals surface area (Å²) >= 11 is 0. The van der Waals surface area contributed by atoms with Crippen molar-refractivity contribution in [3.05, 3.63) is 290 Å². The molecule has 1 aliphatic carbocycles. The van der Waals surface area contributed by atoms with Crippen molar-refractivity contribution in [2.24, 2.45) is 0 Å². The highest BCUT2D eigenvalue weighted by molar-refractivity contribution is 6.01. The van der Waals surface area contributed by atoms with Gasteiger partial charge in [0.05, 0.1) is 5.52 Å². The van der Waals surface area contributed by atoms with Gasteiger partial charge >= 0.3 is 0 Å². The number of allylic oxidation sites excluding steroid dienone is 3. The average Bonchev–Trinajstić information content (AvgIpc) is 3.56. The number of rotatable bonds is 10. The fraction of sp³-hybridized carbons (Fsp3) is 0.0149. The van der Waals surface area contributed by atoms with E-state index in [1.165, 1.54) is 77.8 Å². The molecule has 0 fully saturated rings. The Balaban J connectivity index is 0.935. The zero-order valence-electron chi connectivity index (χ0n) is 38.2. The molecule has 0 saturated heterocycles. The van der Waals surface area contributed by atoms with Gasteiger partial charge in [-0.3, -0.25) is 0 Å². The summed E-state index contributed by atoms with van der Waals surface area (Å²) in [5, 5.41) is 1.25. The molecule has 0 atom stereocenters. The number of hydrogen-bond donors (Lipinski definition) is 0. The number of benzene rings is 10. The summed E-state index contributed by atoms with van der Waals surface area (Å²) < 4.78 is 2.49. The fourth-order valence-corrected chi connectivity index (χ4v) is 9.97. The molecular weight excluding hydrogens is 833 g/mol. The predicted molar refractivity (Wildman–Crippen MR) is 292 cm³/mol. The van der Waals surface area contributed by atoms with Crippen molar-refractivity contribution in [2.75, 3.05) is 4.90 Å². The van der Waals surface area contributed by atoms with Crippen LogP contribution in [0.25, 0.3) is 83.9 Å². The lowest BCUT2D eigenvalue weighted by molar-refractivity contribution is 1.00. The minimum Gasteiger partial charge on any atom is -0.313 e. The van der Waals surface area contributed by atoms with Gasteiger partial charge in [-0.1, -0.05) is 212 Å². The lowest BCUT2D eigenvalue weighted by atomic mass is 9.99. The maximum atomic E-state index is 2.49. The number of aromatic nitrogens is 1. The number of nitrogens with zero attached hydrogens (tertiary/aromatic N) is 2. The number of hydrogen-bond acceptors (Lipinski definition) is 1. The van der Waals surface area contributed by atoms with Crippen LogP contribution in [0.4, 0.5) is 17.1 Å². The summed E-state index contributed by atoms with van der Waals surface area (Å²) in [6, 6.07) is 94.4. The molecule has 326 valence electrons. The molecule has 69 heavy (non-hydrogen) atoms. The molecule has 0 radical (unpaired) electrons. The minimum atomic E-state index is 0.813. The second-order valence-corrected chi connectivity index (χ2v) is 17.7. The van der Waals surface area contributed by atoms with E-state index in [4.69, 9.17) is 0 Å². The Morgan fingerprint density at radius 3 is 1.29 bits per heavy atom. The van der Waals surface area contributed by atoms with Crippen molar-refractivity contribution in [1.82, 2.24) is 4.57 Å². The number of anilines is 3. The Morgan fingerprint density at radius 2 is 0.739 bits per heavy atom. The minimum absolute atomic E-state index is 0.813. The van der Waals surface area contributed by atoms with Gasteiger partial charge in [0.15, 0.2) is 0 Å². The molecule has 0 N–H and O–H groups in total. The van der Waals surface area contributed by atoms with Gasteiger partial charge in [0, 0.05) is 45.8 Å². The first-order chi connectivity index (χ1) is 34.2. The Bertz CT molecular complexity index is 3620. The second-order valence-electron chi connectivity index (χ2n) is 17.7. The van der Waals surface area contributed by atoms with Crippen molar-refractivity contribution >= 4 is 39.6 Å². The van der Waals surface area contributed by atoms with Crippen LogP contribution in [-0.4, -0.2) is 4.57 Å². The first-order valence-corrected chi connectivity index (χ1v) is 23.8. The second kappa shape index (κ2) is 18.4. The molecule has 0 spiro atoms. The zero-order chi connectivity index (χ0) is 45.9. The van der Waals surface area contributed by atoms with E-state index in [2.05, 4.69) is 289 Å². The van der Waals surface area contributed by atoms with Crippen LogP contribution in [0.5, 0.6) is 0 Å². The molecule has 1 aliphatic rings. The third-order valence-electron chi connectivity index (χ3n) is 13.5. The van der Waals surface area contributed by atoms with Crippen LogP contribution >= 0.6 is 0 Å². The van der Waals surface area contributed by atoms with Crippen LogP contribution in [0.1, 0.15) is 16.8 Å². The molecule has 0 aliphatic heterocycles. The molecule has 10 aromatic carbocycles. The highest BCUT2D eigenvalue weighted by Gasteiger charge is 2.21. The summed E-state index contributed by atoms with van der Waals surface area (Å²) in [6.45, 7) is 0. The maximum absolute atomic E-state index is 2.49. The van der Waals surface area contributed by atoms with E-state index in [1.807, 2.05) is 0 Å². The van der Waals surface area contributed by atoms with Gasteiger partial charge in [0.1, 0.15) is 0 Å². The first-order valence-electron chi connectivity index (χ1n) is 23.8. The van der Waals surface area contributed by atoms with Crippen molar-refractivity contribution in [3.8, 4) is 61.3 Å². The highest BCUT2D eigenvalue weighted by atomic mass is 15.1. The van der Waals surface area contributed by atoms with Gasteiger partial charge in [-0.25, -0.2) is 0 Å². The molecule has 0 bridgehead atoms. The van der Waals surface area contributed by atoms with E-state index in [9.17, 15) is 0 Å². The molecule has 0 saturated carbocycles. The molecule has 1 heterocycles. The van der Waals surface area contributed by atoms with E-state index in [-0.39, 0.29) is 0 Å². The Morgan fingerprint density at radius 1 is 0.319 bits per heavy atom. The Kier molecular flexibility index (Phi) is 11.0. The summed E-state index contributed by atoms with van der Waals surface area (Å²) in [7, 11) is 0. The van der Waals surface area contributed by atoms with Crippen LogP contribution in [0, 0.1) is 0 Å². The zero-order valence-corrected chi connectivity index (χ0v) is 38.2. The van der Waals surface area contributed by atoms with Gasteiger partial charge in [-0.05, 0) is 134 Å². The lowest BCUT2D eigenvalue weighted by Crippen LogP contribution is -2.10. The lowest BCUT2D eigenvalue weighted by Gasteiger charge is -2.26. The molecule has 11 aromatic rings. The Labute approximate surface area is 404 Å². The summed E-state index contributed by atoms with van der Waals surface area (Å²) in [6.07, 6.45) is 7.81. The monoisotopic (exact) mass is 880 g/mol. The van der Waals surface area contributed by atoms with Gasteiger partial charge < -0.3 is 9.47 Å². The molecule has 1 aromatic heterocycles. The topological polar surface area (TPSA) is 8.17 Å². The first kappa shape index (κ1) is 41.5. The standard InChI is InChI=1S/C67H48N2/c1-5-16-48(17-6-1)52-30-32-53(33-31-52)55-36-41-61(42-37-55)68(60-39-34-54(35-40-60)49-18-7-2-8-19-49)62-27-13-24-56(44-62)57-25-14-28-63(45-57)69-66-29-15-26-58(50-20-9-3-10-21-50)46-64(66)65-47-59(38-43-67(65)69)51-22-11-4-12-23-51/h1-28,30-47H,29H2. The molecule has 2 nitrogen and oxygen atoms in total. The summed E-state index contributed by atoms with van der Waals surface area (Å²) in [4.78, 5) is 2.37. The van der Waals surface area contributed by atoms with E-state index in [0.717, 1.165) is 40.3 Å². The molecule has 0 unspecified atom stereocenters. The predicted octanol–water partition coefficient (Wildman–Crippen LogP) is 18.1. The SMILES string of the molecule is C1=CC(c2ccccc2)=Cc2c(n(-c3cccc(-c4cccc(N(c5ccc(-c6ccccc6)cc5)c5ccc(-c6ccc(-c7ccccc7)cc6)cc5)c4)c3)c3ccc(-c4ccccc4)cc23)C1. The van der Waals surface area contributed by atoms with Gasteiger partial charge in [-0.15, -0.1) is 0 Å². The molecule has 12 rings (SSSR count). The van der Waals surface area contributed by atoms with Crippen molar-refractivity contribution in [3.63, 3.8) is 0 Å². The third kappa shape index (κ3) is 8.30. The van der Waals surface area contributed by atoms with Crippen LogP contribution < -0.4 is 4.90 Å². The van der Waals surface area contributed by atoms with E-state index < -0.39 is 0 Å². The normalized spacial score (nSPS) is 12.0. The van der Waals surface area contributed by atoms with Crippen molar-refractivity contribution in [1.29, 1.82) is 0 Å². The van der Waals surface area contributed by atoms with Gasteiger partial charge in [0.2, 0.25) is 0 Å². The van der Waals surface area contributed by atoms with Crippen molar-refractivity contribution in [2.45, 2.75) is 6.42 Å². The van der Waals surface area contributed by atoms with Crippen LogP contribution in [0.3, 0.4) is 0 Å². The molecule has 2 heteroatoms. The fourth-order valence-electron chi connectivity index (χ4n) is 9.97. The third-order valence-corrected chi connectivity index (χ3v) is 13.5. The maximum Gasteiger partial charge on any atom is 0.0538 e. The van der Waals surface area contributed by atoms with E-state index in [0.29, 0.717) is 0 Å². The summed E-state index contributed by atoms with van der Waals surface area (Å²) in [5.74, 6) is 0. The smallest absolute Gasteiger partial charge is 0.0538 e. The van der Waals surface area contributed by atoms with Crippen LogP contribution in [0.2, 0.25) is 0 Å². The molecule has 0 amide bonds. The van der Waals surface area contributed by atoms with Crippen LogP contribution in [-0.2, 0) is 6.42 Å². The van der Waals surface area contributed by atoms with E-state index in [1.54, 1.807) is 0 Å².